The summed E-state index contributed by atoms with van der Waals surface area (Å²) in [5, 5.41) is 12.1. The third-order valence-electron chi connectivity index (χ3n) is 3.51. The van der Waals surface area contributed by atoms with E-state index < -0.39 is 0 Å². The molecule has 0 saturated heterocycles. The number of nitriles is 1. The zero-order valence-corrected chi connectivity index (χ0v) is 11.4. The first kappa shape index (κ1) is 12.6. The molecule has 0 spiro atoms. The molecule has 1 atom stereocenters. The molecular weight excluding hydrogens is 248 g/mol. The number of anilines is 1. The number of hydrogen-bond donors (Lipinski definition) is 1. The van der Waals surface area contributed by atoms with Gasteiger partial charge in [0.05, 0.1) is 18.2 Å². The number of nitrogens with zero attached hydrogens (tertiary/aromatic N) is 1. The van der Waals surface area contributed by atoms with Gasteiger partial charge in [0.15, 0.2) is 0 Å². The van der Waals surface area contributed by atoms with E-state index in [9.17, 15) is 0 Å². The van der Waals surface area contributed by atoms with Gasteiger partial charge in [-0.15, -0.1) is 0 Å². The van der Waals surface area contributed by atoms with Crippen LogP contribution in [0.2, 0.25) is 0 Å². The summed E-state index contributed by atoms with van der Waals surface area (Å²) in [6.07, 6.45) is 1.11. The highest BCUT2D eigenvalue weighted by Gasteiger charge is 2.22. The minimum atomic E-state index is 0.169. The smallest absolute Gasteiger partial charge is 0.123 e. The van der Waals surface area contributed by atoms with Crippen LogP contribution in [0.4, 0.5) is 5.69 Å². The van der Waals surface area contributed by atoms with Gasteiger partial charge >= 0.3 is 0 Å². The SMILES string of the molecule is Cc1ccc2c(c1)CC(CNc1ccc(C#N)cc1)O2. The Morgan fingerprint density at radius 3 is 2.80 bits per heavy atom. The maximum atomic E-state index is 8.76. The second-order valence-corrected chi connectivity index (χ2v) is 5.13. The normalized spacial score (nSPS) is 16.1. The maximum Gasteiger partial charge on any atom is 0.123 e. The summed E-state index contributed by atoms with van der Waals surface area (Å²) in [7, 11) is 0. The first-order chi connectivity index (χ1) is 9.74. The highest BCUT2D eigenvalue weighted by atomic mass is 16.5. The third-order valence-corrected chi connectivity index (χ3v) is 3.51. The van der Waals surface area contributed by atoms with E-state index in [-0.39, 0.29) is 6.10 Å². The molecule has 0 aliphatic carbocycles. The van der Waals surface area contributed by atoms with Gasteiger partial charge in [0, 0.05) is 12.1 Å². The number of rotatable bonds is 3. The second-order valence-electron chi connectivity index (χ2n) is 5.13. The highest BCUT2D eigenvalue weighted by Crippen LogP contribution is 2.29. The van der Waals surface area contributed by atoms with Gasteiger partial charge in [-0.25, -0.2) is 0 Å². The van der Waals surface area contributed by atoms with Gasteiger partial charge in [0.1, 0.15) is 11.9 Å². The molecule has 20 heavy (non-hydrogen) atoms. The molecule has 2 aromatic rings. The van der Waals surface area contributed by atoms with E-state index >= 15 is 0 Å². The lowest BCUT2D eigenvalue weighted by atomic mass is 10.1. The molecule has 1 heterocycles. The van der Waals surface area contributed by atoms with E-state index in [0.29, 0.717) is 5.56 Å². The fraction of sp³-hybridized carbons (Fsp3) is 0.235. The average molecular weight is 264 g/mol. The number of fused-ring (bicyclic) bond motifs is 1. The van der Waals surface area contributed by atoms with Gasteiger partial charge < -0.3 is 10.1 Å². The number of ether oxygens (including phenoxy) is 1. The van der Waals surface area contributed by atoms with E-state index in [2.05, 4.69) is 30.4 Å². The van der Waals surface area contributed by atoms with E-state index in [1.807, 2.05) is 30.3 Å². The Labute approximate surface area is 118 Å². The van der Waals surface area contributed by atoms with Crippen molar-refractivity contribution in [3.63, 3.8) is 0 Å². The average Bonchev–Trinajstić information content (AvgIpc) is 2.87. The van der Waals surface area contributed by atoms with Crippen LogP contribution < -0.4 is 10.1 Å². The topological polar surface area (TPSA) is 45.0 Å². The Balaban J connectivity index is 1.59. The zero-order chi connectivity index (χ0) is 13.9. The van der Waals surface area contributed by atoms with Crippen molar-refractivity contribution in [2.24, 2.45) is 0 Å². The van der Waals surface area contributed by atoms with Crippen LogP contribution in [0.25, 0.3) is 0 Å². The predicted molar refractivity (Wildman–Crippen MR) is 78.9 cm³/mol. The Hall–Kier alpha value is -2.47. The van der Waals surface area contributed by atoms with E-state index in [1.54, 1.807) is 0 Å². The van der Waals surface area contributed by atoms with Crippen molar-refractivity contribution in [2.45, 2.75) is 19.4 Å². The Morgan fingerprint density at radius 1 is 1.25 bits per heavy atom. The molecule has 1 aliphatic heterocycles. The van der Waals surface area contributed by atoms with Crippen LogP contribution in [0.3, 0.4) is 0 Å². The minimum Gasteiger partial charge on any atom is -0.488 e. The highest BCUT2D eigenvalue weighted by molar-refractivity contribution is 5.48. The van der Waals surface area contributed by atoms with Crippen LogP contribution in [0.1, 0.15) is 16.7 Å². The maximum absolute atomic E-state index is 8.76. The first-order valence-corrected chi connectivity index (χ1v) is 6.75. The van der Waals surface area contributed by atoms with Crippen LogP contribution in [-0.4, -0.2) is 12.6 Å². The lowest BCUT2D eigenvalue weighted by Crippen LogP contribution is -2.23. The molecule has 3 nitrogen and oxygen atoms in total. The number of aryl methyl sites for hydroxylation is 1. The van der Waals surface area contributed by atoms with Crippen LogP contribution in [0, 0.1) is 18.3 Å². The number of hydrogen-bond acceptors (Lipinski definition) is 3. The summed E-state index contributed by atoms with van der Waals surface area (Å²) in [6, 6.07) is 15.9. The molecule has 1 aliphatic rings. The van der Waals surface area contributed by atoms with E-state index in [4.69, 9.17) is 10.00 Å². The van der Waals surface area contributed by atoms with E-state index in [0.717, 1.165) is 24.4 Å². The largest absolute Gasteiger partial charge is 0.488 e. The molecule has 1 unspecified atom stereocenters. The van der Waals surface area contributed by atoms with Crippen molar-refractivity contribution < 1.29 is 4.74 Å². The predicted octanol–water partition coefficient (Wildman–Crippen LogP) is 3.28. The second kappa shape index (κ2) is 5.26. The van der Waals surface area contributed by atoms with Gasteiger partial charge in [0.2, 0.25) is 0 Å². The molecule has 3 heteroatoms. The fourth-order valence-electron chi connectivity index (χ4n) is 2.46. The molecule has 0 saturated carbocycles. The molecule has 0 radical (unpaired) electrons. The molecule has 2 aromatic carbocycles. The van der Waals surface area contributed by atoms with Crippen LogP contribution in [-0.2, 0) is 6.42 Å². The van der Waals surface area contributed by atoms with Crippen LogP contribution >= 0.6 is 0 Å². The standard InChI is InChI=1S/C17H16N2O/c1-12-2-7-17-14(8-12)9-16(20-17)11-19-15-5-3-13(10-18)4-6-15/h2-8,16,19H,9,11H2,1H3. The Kier molecular flexibility index (Phi) is 3.30. The van der Waals surface area contributed by atoms with Crippen molar-refractivity contribution in [1.29, 1.82) is 5.26 Å². The summed E-state index contributed by atoms with van der Waals surface area (Å²) >= 11 is 0. The van der Waals surface area contributed by atoms with Crippen LogP contribution in [0.15, 0.2) is 42.5 Å². The third kappa shape index (κ3) is 2.60. The Morgan fingerprint density at radius 2 is 2.05 bits per heavy atom. The summed E-state index contributed by atoms with van der Waals surface area (Å²) < 4.78 is 5.91. The van der Waals surface area contributed by atoms with Gasteiger partial charge in [-0.1, -0.05) is 17.7 Å². The van der Waals surface area contributed by atoms with Crippen molar-refractivity contribution >= 4 is 5.69 Å². The van der Waals surface area contributed by atoms with E-state index in [1.165, 1.54) is 11.1 Å². The molecule has 0 fully saturated rings. The Bertz CT molecular complexity index is 656. The van der Waals surface area contributed by atoms with Crippen LogP contribution in [0.5, 0.6) is 5.75 Å². The summed E-state index contributed by atoms with van der Waals surface area (Å²) in [5.41, 5.74) is 4.25. The lowest BCUT2D eigenvalue weighted by molar-refractivity contribution is 0.246. The molecule has 0 bridgehead atoms. The quantitative estimate of drug-likeness (QED) is 0.925. The first-order valence-electron chi connectivity index (χ1n) is 6.75. The summed E-state index contributed by atoms with van der Waals surface area (Å²) in [4.78, 5) is 0. The van der Waals surface area contributed by atoms with Crippen molar-refractivity contribution in [2.75, 3.05) is 11.9 Å². The molecule has 100 valence electrons. The summed E-state index contributed by atoms with van der Waals surface area (Å²) in [6.45, 7) is 2.86. The monoisotopic (exact) mass is 264 g/mol. The van der Waals surface area contributed by atoms with Crippen molar-refractivity contribution in [1.82, 2.24) is 0 Å². The molecule has 3 rings (SSSR count). The number of benzene rings is 2. The fourth-order valence-corrected chi connectivity index (χ4v) is 2.46. The van der Waals surface area contributed by atoms with Gasteiger partial charge in [-0.2, -0.15) is 5.26 Å². The van der Waals surface area contributed by atoms with Crippen molar-refractivity contribution in [3.8, 4) is 11.8 Å². The zero-order valence-electron chi connectivity index (χ0n) is 11.4. The van der Waals surface area contributed by atoms with Crippen molar-refractivity contribution in [3.05, 3.63) is 59.2 Å². The van der Waals surface area contributed by atoms with Gasteiger partial charge in [0.25, 0.3) is 0 Å². The number of nitrogens with one attached hydrogen (secondary N) is 1. The summed E-state index contributed by atoms with van der Waals surface area (Å²) in [5.74, 6) is 1.00. The van der Waals surface area contributed by atoms with Gasteiger partial charge in [-0.3, -0.25) is 0 Å². The molecular formula is C17H16N2O. The molecule has 1 N–H and O–H groups in total. The van der Waals surface area contributed by atoms with Gasteiger partial charge in [-0.05, 0) is 42.8 Å². The minimum absolute atomic E-state index is 0.169. The molecule has 0 amide bonds. The lowest BCUT2D eigenvalue weighted by Gasteiger charge is -2.12. The molecule has 0 aromatic heterocycles.